The second kappa shape index (κ2) is 7.15. The maximum atomic E-state index is 5.80. The molecule has 1 atom stereocenters. The zero-order valence-electron chi connectivity index (χ0n) is 13.8. The topological polar surface area (TPSA) is 53.5 Å². The predicted molar refractivity (Wildman–Crippen MR) is 94.5 cm³/mol. The van der Waals surface area contributed by atoms with Crippen LogP contribution in [-0.4, -0.2) is 55.8 Å². The van der Waals surface area contributed by atoms with Crippen LogP contribution in [0.4, 0.5) is 11.6 Å². The standard InChI is InChI=1S/C18H23N5O/c1-2-4-15(5-3-1)22-9-11-23(12-10-22)18-20-7-6-16(21-18)17-14-19-8-13-24-17/h1-7,17,19H,8-14H2. The molecule has 2 aliphatic heterocycles. The highest BCUT2D eigenvalue weighted by Crippen LogP contribution is 2.21. The minimum absolute atomic E-state index is 0.0334. The number of benzene rings is 1. The molecule has 3 heterocycles. The van der Waals surface area contributed by atoms with E-state index in [0.717, 1.165) is 57.5 Å². The molecular formula is C18H23N5O. The Kier molecular flexibility index (Phi) is 4.57. The summed E-state index contributed by atoms with van der Waals surface area (Å²) in [6.45, 7) is 6.30. The minimum Gasteiger partial charge on any atom is -0.369 e. The predicted octanol–water partition coefficient (Wildman–Crippen LogP) is 1.46. The highest BCUT2D eigenvalue weighted by molar-refractivity contribution is 5.48. The third kappa shape index (κ3) is 3.34. The van der Waals surface area contributed by atoms with Crippen LogP contribution in [0.15, 0.2) is 42.6 Å². The van der Waals surface area contributed by atoms with E-state index in [1.54, 1.807) is 0 Å². The lowest BCUT2D eigenvalue weighted by Gasteiger charge is -2.36. The van der Waals surface area contributed by atoms with Gasteiger partial charge in [-0.25, -0.2) is 9.97 Å². The molecule has 6 heteroatoms. The van der Waals surface area contributed by atoms with E-state index in [-0.39, 0.29) is 6.10 Å². The van der Waals surface area contributed by atoms with Crippen molar-refractivity contribution >= 4 is 11.6 Å². The number of hydrogen-bond donors (Lipinski definition) is 1. The second-order valence-corrected chi connectivity index (χ2v) is 6.15. The molecule has 2 fully saturated rings. The highest BCUT2D eigenvalue weighted by Gasteiger charge is 2.22. The maximum Gasteiger partial charge on any atom is 0.225 e. The van der Waals surface area contributed by atoms with E-state index in [4.69, 9.17) is 9.72 Å². The van der Waals surface area contributed by atoms with Gasteiger partial charge in [0.15, 0.2) is 0 Å². The Bertz CT molecular complexity index is 651. The van der Waals surface area contributed by atoms with Crippen LogP contribution in [0, 0.1) is 0 Å². The first-order chi connectivity index (χ1) is 11.9. The number of piperazine rings is 1. The summed E-state index contributed by atoms with van der Waals surface area (Å²) in [5.74, 6) is 0.814. The Hall–Kier alpha value is -2.18. The van der Waals surface area contributed by atoms with Gasteiger partial charge in [0.25, 0.3) is 0 Å². The first kappa shape index (κ1) is 15.4. The Morgan fingerprint density at radius 1 is 1.00 bits per heavy atom. The number of rotatable bonds is 3. The Morgan fingerprint density at radius 2 is 1.79 bits per heavy atom. The summed E-state index contributed by atoms with van der Waals surface area (Å²) in [5, 5.41) is 3.35. The van der Waals surface area contributed by atoms with Crippen molar-refractivity contribution in [2.45, 2.75) is 6.10 Å². The van der Waals surface area contributed by atoms with Gasteiger partial charge < -0.3 is 19.9 Å². The number of nitrogens with zero attached hydrogens (tertiary/aromatic N) is 4. The Balaban J connectivity index is 1.42. The van der Waals surface area contributed by atoms with E-state index in [2.05, 4.69) is 50.4 Å². The average molecular weight is 325 g/mol. The van der Waals surface area contributed by atoms with Crippen molar-refractivity contribution in [2.75, 3.05) is 55.7 Å². The van der Waals surface area contributed by atoms with Crippen LogP contribution in [0.2, 0.25) is 0 Å². The summed E-state index contributed by atoms with van der Waals surface area (Å²) in [7, 11) is 0. The van der Waals surface area contributed by atoms with Crippen LogP contribution < -0.4 is 15.1 Å². The highest BCUT2D eigenvalue weighted by atomic mass is 16.5. The number of nitrogens with one attached hydrogen (secondary N) is 1. The molecule has 126 valence electrons. The summed E-state index contributed by atoms with van der Waals surface area (Å²) in [5.41, 5.74) is 2.26. The first-order valence-electron chi connectivity index (χ1n) is 8.60. The summed E-state index contributed by atoms with van der Waals surface area (Å²) in [4.78, 5) is 13.9. The molecule has 0 bridgehead atoms. The molecule has 2 aliphatic rings. The molecule has 0 amide bonds. The molecule has 1 aromatic carbocycles. The lowest BCUT2D eigenvalue weighted by atomic mass is 10.2. The third-order valence-corrected chi connectivity index (χ3v) is 4.61. The fraction of sp³-hybridized carbons (Fsp3) is 0.444. The largest absolute Gasteiger partial charge is 0.369 e. The van der Waals surface area contributed by atoms with E-state index in [1.807, 2.05) is 12.3 Å². The van der Waals surface area contributed by atoms with Crippen LogP contribution in [0.25, 0.3) is 0 Å². The monoisotopic (exact) mass is 325 g/mol. The van der Waals surface area contributed by atoms with E-state index in [0.29, 0.717) is 0 Å². The fourth-order valence-electron chi connectivity index (χ4n) is 3.25. The Labute approximate surface area is 142 Å². The van der Waals surface area contributed by atoms with Gasteiger partial charge in [0.1, 0.15) is 6.10 Å². The molecule has 1 unspecified atom stereocenters. The van der Waals surface area contributed by atoms with Crippen molar-refractivity contribution < 1.29 is 4.74 Å². The second-order valence-electron chi connectivity index (χ2n) is 6.15. The number of morpholine rings is 1. The summed E-state index contributed by atoms with van der Waals surface area (Å²) >= 11 is 0. The fourth-order valence-corrected chi connectivity index (χ4v) is 3.25. The molecule has 0 saturated carbocycles. The van der Waals surface area contributed by atoms with Crippen LogP contribution in [0.3, 0.4) is 0 Å². The van der Waals surface area contributed by atoms with Crippen LogP contribution in [0.5, 0.6) is 0 Å². The number of hydrogen-bond acceptors (Lipinski definition) is 6. The van der Waals surface area contributed by atoms with E-state index in [9.17, 15) is 0 Å². The van der Waals surface area contributed by atoms with Crippen LogP contribution in [-0.2, 0) is 4.74 Å². The molecule has 2 aromatic rings. The smallest absolute Gasteiger partial charge is 0.225 e. The third-order valence-electron chi connectivity index (χ3n) is 4.61. The van der Waals surface area contributed by atoms with Crippen molar-refractivity contribution in [1.82, 2.24) is 15.3 Å². The zero-order valence-corrected chi connectivity index (χ0v) is 13.8. The number of aromatic nitrogens is 2. The molecular weight excluding hydrogens is 302 g/mol. The van der Waals surface area contributed by atoms with Gasteiger partial charge in [0.05, 0.1) is 12.3 Å². The van der Waals surface area contributed by atoms with Gasteiger partial charge in [-0.1, -0.05) is 18.2 Å². The molecule has 1 aromatic heterocycles. The van der Waals surface area contributed by atoms with Crippen molar-refractivity contribution in [3.63, 3.8) is 0 Å². The normalized spacial score (nSPS) is 21.8. The maximum absolute atomic E-state index is 5.80. The van der Waals surface area contributed by atoms with Gasteiger partial charge in [-0.05, 0) is 18.2 Å². The molecule has 4 rings (SSSR count). The van der Waals surface area contributed by atoms with Crippen LogP contribution in [0.1, 0.15) is 11.8 Å². The lowest BCUT2D eigenvalue weighted by Crippen LogP contribution is -2.47. The van der Waals surface area contributed by atoms with E-state index >= 15 is 0 Å². The molecule has 24 heavy (non-hydrogen) atoms. The van der Waals surface area contributed by atoms with E-state index < -0.39 is 0 Å². The van der Waals surface area contributed by atoms with Gasteiger partial charge in [0.2, 0.25) is 5.95 Å². The Morgan fingerprint density at radius 3 is 2.54 bits per heavy atom. The zero-order chi connectivity index (χ0) is 16.2. The molecule has 6 nitrogen and oxygen atoms in total. The number of anilines is 2. The van der Waals surface area contributed by atoms with Gasteiger partial charge in [-0.2, -0.15) is 0 Å². The minimum atomic E-state index is 0.0334. The first-order valence-corrected chi connectivity index (χ1v) is 8.60. The lowest BCUT2D eigenvalue weighted by molar-refractivity contribution is 0.0250. The average Bonchev–Trinajstić information content (AvgIpc) is 2.70. The summed E-state index contributed by atoms with van der Waals surface area (Å²) in [6.07, 6.45) is 1.88. The molecule has 0 radical (unpaired) electrons. The van der Waals surface area contributed by atoms with Gasteiger partial charge in [-0.3, -0.25) is 0 Å². The molecule has 0 spiro atoms. The van der Waals surface area contributed by atoms with Crippen LogP contribution >= 0.6 is 0 Å². The molecule has 0 aliphatic carbocycles. The molecule has 2 saturated heterocycles. The quantitative estimate of drug-likeness (QED) is 0.922. The van der Waals surface area contributed by atoms with Crippen molar-refractivity contribution in [3.8, 4) is 0 Å². The van der Waals surface area contributed by atoms with Gasteiger partial charge in [-0.15, -0.1) is 0 Å². The molecule has 1 N–H and O–H groups in total. The number of ether oxygens (including phenoxy) is 1. The van der Waals surface area contributed by atoms with Crippen molar-refractivity contribution in [2.24, 2.45) is 0 Å². The SMILES string of the molecule is c1ccc(N2CCN(c3nccc(C4CNCCO4)n3)CC2)cc1. The van der Waals surface area contributed by atoms with E-state index in [1.165, 1.54) is 5.69 Å². The summed E-state index contributed by atoms with van der Waals surface area (Å²) in [6, 6.07) is 12.5. The van der Waals surface area contributed by atoms with Gasteiger partial charge in [0, 0.05) is 51.2 Å². The van der Waals surface area contributed by atoms with Gasteiger partial charge >= 0.3 is 0 Å². The van der Waals surface area contributed by atoms with Crippen molar-refractivity contribution in [3.05, 3.63) is 48.3 Å². The van der Waals surface area contributed by atoms with Crippen molar-refractivity contribution in [1.29, 1.82) is 0 Å². The summed E-state index contributed by atoms with van der Waals surface area (Å²) < 4.78 is 5.80. The number of para-hydroxylation sites is 1.